The lowest BCUT2D eigenvalue weighted by Crippen LogP contribution is -2.12. The lowest BCUT2D eigenvalue weighted by Gasteiger charge is -2.09. The number of halogens is 2. The van der Waals surface area contributed by atoms with Crippen LogP contribution in [0.2, 0.25) is 10.0 Å². The average molecular weight is 316 g/mol. The molecule has 1 N–H and O–H groups in total. The number of hydrogen-bond donors (Lipinski definition) is 1. The third-order valence-corrected chi connectivity index (χ3v) is 3.80. The largest absolute Gasteiger partial charge is 0.322 e. The van der Waals surface area contributed by atoms with Crippen LogP contribution in [0, 0.1) is 0 Å². The van der Waals surface area contributed by atoms with E-state index in [0.717, 1.165) is 10.8 Å². The summed E-state index contributed by atoms with van der Waals surface area (Å²) in [7, 11) is 0. The molecular formula is C17H11Cl2NO. The fourth-order valence-electron chi connectivity index (χ4n) is 2.20. The first-order valence-corrected chi connectivity index (χ1v) is 7.15. The molecule has 21 heavy (non-hydrogen) atoms. The summed E-state index contributed by atoms with van der Waals surface area (Å²) in [6, 6.07) is 18.0. The number of amides is 1. The molecule has 0 bridgehead atoms. The third kappa shape index (κ3) is 2.87. The van der Waals surface area contributed by atoms with Gasteiger partial charge in [0.2, 0.25) is 0 Å². The summed E-state index contributed by atoms with van der Waals surface area (Å²) in [6.07, 6.45) is 0. The van der Waals surface area contributed by atoms with E-state index in [-0.39, 0.29) is 5.91 Å². The predicted molar refractivity (Wildman–Crippen MR) is 88.4 cm³/mol. The Morgan fingerprint density at radius 2 is 1.48 bits per heavy atom. The minimum absolute atomic E-state index is 0.176. The van der Waals surface area contributed by atoms with Crippen LogP contribution in [-0.2, 0) is 0 Å². The van der Waals surface area contributed by atoms with Crippen molar-refractivity contribution in [1.29, 1.82) is 0 Å². The molecule has 4 heteroatoms. The molecule has 2 nitrogen and oxygen atoms in total. The second-order valence-corrected chi connectivity index (χ2v) is 5.45. The Morgan fingerprint density at radius 3 is 2.24 bits per heavy atom. The molecule has 3 rings (SSSR count). The van der Waals surface area contributed by atoms with Crippen LogP contribution in [0.4, 0.5) is 5.69 Å². The summed E-state index contributed by atoms with van der Waals surface area (Å²) in [5.41, 5.74) is 1.29. The average Bonchev–Trinajstić information content (AvgIpc) is 2.49. The van der Waals surface area contributed by atoms with Crippen LogP contribution in [0.25, 0.3) is 10.8 Å². The predicted octanol–water partition coefficient (Wildman–Crippen LogP) is 5.40. The summed E-state index contributed by atoms with van der Waals surface area (Å²) < 4.78 is 0. The molecule has 0 spiro atoms. The highest BCUT2D eigenvalue weighted by molar-refractivity contribution is 6.36. The van der Waals surface area contributed by atoms with Gasteiger partial charge in [0.25, 0.3) is 5.91 Å². The van der Waals surface area contributed by atoms with Crippen molar-refractivity contribution in [3.63, 3.8) is 0 Å². The Labute approximate surface area is 132 Å². The highest BCUT2D eigenvalue weighted by Gasteiger charge is 2.11. The second-order valence-electron chi connectivity index (χ2n) is 4.60. The lowest BCUT2D eigenvalue weighted by atomic mass is 10.0. The van der Waals surface area contributed by atoms with Gasteiger partial charge in [-0.05, 0) is 41.8 Å². The van der Waals surface area contributed by atoms with Gasteiger partial charge in [0.15, 0.2) is 0 Å². The van der Waals surface area contributed by atoms with Gasteiger partial charge in [-0.25, -0.2) is 0 Å². The van der Waals surface area contributed by atoms with E-state index in [1.807, 2.05) is 30.3 Å². The number of anilines is 1. The Balaban J connectivity index is 1.98. The molecule has 0 aliphatic carbocycles. The van der Waals surface area contributed by atoms with Crippen LogP contribution in [0.15, 0.2) is 60.7 Å². The molecule has 0 aliphatic rings. The van der Waals surface area contributed by atoms with E-state index in [2.05, 4.69) is 5.32 Å². The molecule has 0 fully saturated rings. The SMILES string of the molecule is O=C(Nc1ccc(Cl)cc1)c1cccc2c(Cl)cccc12. The van der Waals surface area contributed by atoms with Crippen molar-refractivity contribution >= 4 is 45.6 Å². The second kappa shape index (κ2) is 5.76. The first-order chi connectivity index (χ1) is 10.1. The zero-order valence-electron chi connectivity index (χ0n) is 10.9. The first-order valence-electron chi connectivity index (χ1n) is 6.39. The normalized spacial score (nSPS) is 10.6. The molecule has 0 aliphatic heterocycles. The Hall–Kier alpha value is -2.03. The van der Waals surface area contributed by atoms with Gasteiger partial charge in [-0.2, -0.15) is 0 Å². The smallest absolute Gasteiger partial charge is 0.256 e. The maximum Gasteiger partial charge on any atom is 0.256 e. The van der Waals surface area contributed by atoms with Crippen molar-refractivity contribution in [2.75, 3.05) is 5.32 Å². The summed E-state index contributed by atoms with van der Waals surface area (Å²) in [5, 5.41) is 5.81. The van der Waals surface area contributed by atoms with Gasteiger partial charge in [-0.3, -0.25) is 4.79 Å². The Kier molecular flexibility index (Phi) is 3.82. The number of hydrogen-bond acceptors (Lipinski definition) is 1. The molecule has 0 aromatic heterocycles. The molecule has 0 saturated heterocycles. The van der Waals surface area contributed by atoms with Crippen molar-refractivity contribution in [1.82, 2.24) is 0 Å². The summed E-state index contributed by atoms with van der Waals surface area (Å²) in [4.78, 5) is 12.4. The minimum atomic E-state index is -0.176. The van der Waals surface area contributed by atoms with Crippen LogP contribution < -0.4 is 5.32 Å². The van der Waals surface area contributed by atoms with E-state index < -0.39 is 0 Å². The number of fused-ring (bicyclic) bond motifs is 1. The van der Waals surface area contributed by atoms with Gasteiger partial charge >= 0.3 is 0 Å². The molecule has 104 valence electrons. The monoisotopic (exact) mass is 315 g/mol. The zero-order valence-corrected chi connectivity index (χ0v) is 12.4. The third-order valence-electron chi connectivity index (χ3n) is 3.22. The quantitative estimate of drug-likeness (QED) is 0.674. The Bertz CT molecular complexity index is 813. The number of benzene rings is 3. The van der Waals surface area contributed by atoms with E-state index in [1.54, 1.807) is 30.3 Å². The van der Waals surface area contributed by atoms with Crippen molar-refractivity contribution < 1.29 is 4.79 Å². The summed E-state index contributed by atoms with van der Waals surface area (Å²) in [6.45, 7) is 0. The van der Waals surface area contributed by atoms with Crippen molar-refractivity contribution in [2.45, 2.75) is 0 Å². The van der Waals surface area contributed by atoms with Gasteiger partial charge in [0, 0.05) is 26.7 Å². The van der Waals surface area contributed by atoms with Gasteiger partial charge < -0.3 is 5.32 Å². The van der Waals surface area contributed by atoms with Crippen LogP contribution in [0.5, 0.6) is 0 Å². The molecule has 0 atom stereocenters. The molecule has 0 radical (unpaired) electrons. The molecule has 0 heterocycles. The Morgan fingerprint density at radius 1 is 0.810 bits per heavy atom. The minimum Gasteiger partial charge on any atom is -0.322 e. The van der Waals surface area contributed by atoms with E-state index in [9.17, 15) is 4.79 Å². The highest BCUT2D eigenvalue weighted by atomic mass is 35.5. The van der Waals surface area contributed by atoms with Crippen molar-refractivity contribution in [3.05, 3.63) is 76.3 Å². The van der Waals surface area contributed by atoms with E-state index in [1.165, 1.54) is 0 Å². The lowest BCUT2D eigenvalue weighted by molar-refractivity contribution is 0.102. The fourth-order valence-corrected chi connectivity index (χ4v) is 2.56. The molecule has 0 saturated carbocycles. The number of rotatable bonds is 2. The van der Waals surface area contributed by atoms with Gasteiger partial charge in [0.1, 0.15) is 0 Å². The molecular weight excluding hydrogens is 305 g/mol. The molecule has 3 aromatic rings. The van der Waals surface area contributed by atoms with Gasteiger partial charge in [0.05, 0.1) is 0 Å². The summed E-state index contributed by atoms with van der Waals surface area (Å²) >= 11 is 12.0. The van der Waals surface area contributed by atoms with E-state index >= 15 is 0 Å². The topological polar surface area (TPSA) is 29.1 Å². The molecule has 3 aromatic carbocycles. The van der Waals surface area contributed by atoms with Crippen molar-refractivity contribution in [2.24, 2.45) is 0 Å². The maximum atomic E-state index is 12.4. The van der Waals surface area contributed by atoms with Crippen LogP contribution in [0.3, 0.4) is 0 Å². The summed E-state index contributed by atoms with van der Waals surface area (Å²) in [5.74, 6) is -0.176. The number of carbonyl (C=O) groups is 1. The van der Waals surface area contributed by atoms with Crippen LogP contribution in [0.1, 0.15) is 10.4 Å². The van der Waals surface area contributed by atoms with Crippen LogP contribution >= 0.6 is 23.2 Å². The number of carbonyl (C=O) groups excluding carboxylic acids is 1. The molecule has 1 amide bonds. The number of nitrogens with one attached hydrogen (secondary N) is 1. The van der Waals surface area contributed by atoms with E-state index in [4.69, 9.17) is 23.2 Å². The standard InChI is InChI=1S/C17H11Cl2NO/c18-11-7-9-12(10-8-11)20-17(21)15-5-1-4-14-13(15)3-2-6-16(14)19/h1-10H,(H,20,21). The molecule has 0 unspecified atom stereocenters. The first kappa shape index (κ1) is 13.9. The maximum absolute atomic E-state index is 12.4. The van der Waals surface area contributed by atoms with Gasteiger partial charge in [-0.1, -0.05) is 47.5 Å². The highest BCUT2D eigenvalue weighted by Crippen LogP contribution is 2.26. The van der Waals surface area contributed by atoms with Crippen molar-refractivity contribution in [3.8, 4) is 0 Å². The van der Waals surface area contributed by atoms with Gasteiger partial charge in [-0.15, -0.1) is 0 Å². The van der Waals surface area contributed by atoms with E-state index in [0.29, 0.717) is 21.3 Å². The fraction of sp³-hybridized carbons (Fsp3) is 0. The van der Waals surface area contributed by atoms with Crippen LogP contribution in [-0.4, -0.2) is 5.91 Å². The zero-order chi connectivity index (χ0) is 14.8.